The highest BCUT2D eigenvalue weighted by Gasteiger charge is 2.68. The number of carbonyl (C=O) groups is 2. The van der Waals surface area contributed by atoms with E-state index >= 15 is 0 Å². The highest BCUT2D eigenvalue weighted by atomic mass is 16.5. The Bertz CT molecular complexity index is 689. The lowest BCUT2D eigenvalue weighted by atomic mass is 9.40. The number of ketones is 1. The Kier molecular flexibility index (Phi) is 5.87. The van der Waals surface area contributed by atoms with Crippen molar-refractivity contribution in [1.29, 1.82) is 0 Å². The molecule has 4 heteroatoms. The van der Waals surface area contributed by atoms with E-state index in [4.69, 9.17) is 9.84 Å². The zero-order valence-corrected chi connectivity index (χ0v) is 19.4. The number of rotatable bonds is 7. The molecule has 0 aromatic carbocycles. The Morgan fingerprint density at radius 2 is 1.73 bits per heavy atom. The standard InChI is InChI=1S/C26H42O4/c1-23-13-9-20-24(2)11-8-12-25(3,22(29)30-16-7-5-4-6-15-27)19(24)10-14-26(20,18-23)17-21(23)28/h19-20,27H,4-18H2,1-3H3/t19-,20-,23-,24?,25+,26?/m0/s1. The minimum atomic E-state index is -0.386. The average molecular weight is 419 g/mol. The van der Waals surface area contributed by atoms with E-state index in [0.29, 0.717) is 24.2 Å². The Hall–Kier alpha value is -0.900. The Labute approximate surface area is 182 Å². The minimum Gasteiger partial charge on any atom is -0.465 e. The minimum absolute atomic E-state index is 0.0136. The molecule has 6 atom stereocenters. The van der Waals surface area contributed by atoms with E-state index in [2.05, 4.69) is 20.8 Å². The summed E-state index contributed by atoms with van der Waals surface area (Å²) in [4.78, 5) is 26.2. The van der Waals surface area contributed by atoms with Gasteiger partial charge in [-0.25, -0.2) is 0 Å². The van der Waals surface area contributed by atoms with Crippen molar-refractivity contribution >= 4 is 11.8 Å². The molecule has 0 aromatic heterocycles. The van der Waals surface area contributed by atoms with Crippen molar-refractivity contribution in [1.82, 2.24) is 0 Å². The highest BCUT2D eigenvalue weighted by molar-refractivity contribution is 5.88. The van der Waals surface area contributed by atoms with Crippen LogP contribution in [0.2, 0.25) is 0 Å². The van der Waals surface area contributed by atoms with Crippen molar-refractivity contribution in [3.05, 3.63) is 0 Å². The van der Waals surface area contributed by atoms with E-state index in [1.165, 1.54) is 6.42 Å². The highest BCUT2D eigenvalue weighted by Crippen LogP contribution is 2.73. The molecule has 1 spiro atoms. The third-order valence-electron chi connectivity index (χ3n) is 10.1. The normalized spacial score (nSPS) is 45.0. The molecule has 170 valence electrons. The Morgan fingerprint density at radius 1 is 1.00 bits per heavy atom. The van der Waals surface area contributed by atoms with Crippen LogP contribution in [0.15, 0.2) is 0 Å². The smallest absolute Gasteiger partial charge is 0.312 e. The topological polar surface area (TPSA) is 63.6 Å². The van der Waals surface area contributed by atoms with Gasteiger partial charge in [0.1, 0.15) is 5.78 Å². The van der Waals surface area contributed by atoms with Crippen LogP contribution in [0.1, 0.15) is 104 Å². The fourth-order valence-electron chi connectivity index (χ4n) is 8.65. The molecule has 2 unspecified atom stereocenters. The van der Waals surface area contributed by atoms with E-state index in [-0.39, 0.29) is 34.2 Å². The summed E-state index contributed by atoms with van der Waals surface area (Å²) < 4.78 is 5.83. The summed E-state index contributed by atoms with van der Waals surface area (Å²) in [6.07, 6.45) is 13.2. The number of ether oxygens (including phenoxy) is 1. The third-order valence-corrected chi connectivity index (χ3v) is 10.1. The molecule has 0 amide bonds. The molecule has 0 saturated heterocycles. The molecule has 0 aliphatic heterocycles. The Balaban J connectivity index is 1.47. The maximum atomic E-state index is 13.3. The number of aliphatic hydroxyl groups is 1. The number of Topliss-reactive ketones (excluding diaryl/α,β-unsaturated/α-hetero) is 1. The molecule has 4 saturated carbocycles. The van der Waals surface area contributed by atoms with Gasteiger partial charge in [0.05, 0.1) is 12.0 Å². The molecule has 4 fully saturated rings. The lowest BCUT2D eigenvalue weighted by Gasteiger charge is -2.63. The summed E-state index contributed by atoms with van der Waals surface area (Å²) in [6, 6.07) is 0. The van der Waals surface area contributed by atoms with Crippen molar-refractivity contribution in [3.8, 4) is 0 Å². The summed E-state index contributed by atoms with van der Waals surface area (Å²) in [5.41, 5.74) is -0.114. The van der Waals surface area contributed by atoms with Gasteiger partial charge < -0.3 is 9.84 Å². The van der Waals surface area contributed by atoms with Crippen molar-refractivity contribution in [3.63, 3.8) is 0 Å². The molecule has 0 radical (unpaired) electrons. The van der Waals surface area contributed by atoms with Gasteiger partial charge in [-0.2, -0.15) is 0 Å². The SMILES string of the molecule is CC12CCC[C@@](C)(C(=O)OCCCCCCO)[C@H]1CCC13CC(=O)[C@@](C)(CC[C@H]12)C3. The van der Waals surface area contributed by atoms with Gasteiger partial charge in [0.2, 0.25) is 0 Å². The first-order valence-corrected chi connectivity index (χ1v) is 12.5. The second-order valence-electron chi connectivity index (χ2n) is 11.9. The summed E-state index contributed by atoms with van der Waals surface area (Å²) >= 11 is 0. The van der Waals surface area contributed by atoms with Gasteiger partial charge in [-0.15, -0.1) is 0 Å². The summed E-state index contributed by atoms with van der Waals surface area (Å²) in [7, 11) is 0. The zero-order valence-electron chi connectivity index (χ0n) is 19.4. The monoisotopic (exact) mass is 418 g/mol. The van der Waals surface area contributed by atoms with Crippen LogP contribution >= 0.6 is 0 Å². The van der Waals surface area contributed by atoms with Crippen molar-refractivity contribution < 1.29 is 19.4 Å². The fraction of sp³-hybridized carbons (Fsp3) is 0.923. The molecule has 4 nitrogen and oxygen atoms in total. The van der Waals surface area contributed by atoms with Crippen LogP contribution in [-0.2, 0) is 14.3 Å². The molecule has 2 bridgehead atoms. The first-order valence-electron chi connectivity index (χ1n) is 12.5. The summed E-state index contributed by atoms with van der Waals surface area (Å²) in [5, 5.41) is 8.90. The zero-order chi connectivity index (χ0) is 21.6. The van der Waals surface area contributed by atoms with Gasteiger partial charge >= 0.3 is 5.97 Å². The quantitative estimate of drug-likeness (QED) is 0.441. The van der Waals surface area contributed by atoms with E-state index < -0.39 is 0 Å². The summed E-state index contributed by atoms with van der Waals surface area (Å²) in [5.74, 6) is 1.47. The summed E-state index contributed by atoms with van der Waals surface area (Å²) in [6.45, 7) is 7.58. The van der Waals surface area contributed by atoms with Gasteiger partial charge in [0, 0.05) is 18.4 Å². The van der Waals surface area contributed by atoms with Crippen molar-refractivity contribution in [2.75, 3.05) is 13.2 Å². The van der Waals surface area contributed by atoms with Crippen LogP contribution in [0, 0.1) is 33.5 Å². The first-order chi connectivity index (χ1) is 14.2. The van der Waals surface area contributed by atoms with E-state index in [9.17, 15) is 9.59 Å². The van der Waals surface area contributed by atoms with Crippen LogP contribution in [0.4, 0.5) is 0 Å². The fourth-order valence-corrected chi connectivity index (χ4v) is 8.65. The average Bonchev–Trinajstić information content (AvgIpc) is 2.87. The van der Waals surface area contributed by atoms with Gasteiger partial charge in [-0.05, 0) is 93.8 Å². The lowest BCUT2D eigenvalue weighted by Crippen LogP contribution is -2.58. The van der Waals surface area contributed by atoms with Gasteiger partial charge in [0.15, 0.2) is 0 Å². The molecule has 4 aliphatic carbocycles. The second kappa shape index (κ2) is 7.90. The van der Waals surface area contributed by atoms with Crippen molar-refractivity contribution in [2.45, 2.75) is 104 Å². The number of hydrogen-bond donors (Lipinski definition) is 1. The number of fused-ring (bicyclic) bond motifs is 3. The van der Waals surface area contributed by atoms with Crippen LogP contribution < -0.4 is 0 Å². The molecular formula is C26H42O4. The Morgan fingerprint density at radius 3 is 2.50 bits per heavy atom. The van der Waals surface area contributed by atoms with Crippen LogP contribution in [0.5, 0.6) is 0 Å². The first kappa shape index (κ1) is 22.3. The van der Waals surface area contributed by atoms with Crippen LogP contribution in [0.3, 0.4) is 0 Å². The number of carbonyl (C=O) groups excluding carboxylic acids is 2. The molecule has 4 aliphatic rings. The predicted octanol–water partition coefficient (Wildman–Crippen LogP) is 5.45. The number of hydrogen-bond acceptors (Lipinski definition) is 4. The molecule has 0 heterocycles. The predicted molar refractivity (Wildman–Crippen MR) is 117 cm³/mol. The van der Waals surface area contributed by atoms with Crippen LogP contribution in [0.25, 0.3) is 0 Å². The third kappa shape index (κ3) is 3.36. The van der Waals surface area contributed by atoms with E-state index in [1.807, 2.05) is 0 Å². The van der Waals surface area contributed by atoms with Gasteiger partial charge in [0.25, 0.3) is 0 Å². The van der Waals surface area contributed by atoms with E-state index in [1.54, 1.807) is 0 Å². The molecule has 4 rings (SSSR count). The largest absolute Gasteiger partial charge is 0.465 e. The maximum absolute atomic E-state index is 13.3. The number of unbranched alkanes of at least 4 members (excludes halogenated alkanes) is 3. The van der Waals surface area contributed by atoms with Gasteiger partial charge in [-0.3, -0.25) is 9.59 Å². The van der Waals surface area contributed by atoms with Crippen LogP contribution in [-0.4, -0.2) is 30.1 Å². The molecule has 30 heavy (non-hydrogen) atoms. The molecule has 1 N–H and O–H groups in total. The van der Waals surface area contributed by atoms with Gasteiger partial charge in [-0.1, -0.05) is 26.7 Å². The second-order valence-corrected chi connectivity index (χ2v) is 11.9. The molecular weight excluding hydrogens is 376 g/mol. The maximum Gasteiger partial charge on any atom is 0.312 e. The van der Waals surface area contributed by atoms with E-state index in [0.717, 1.165) is 77.0 Å². The lowest BCUT2D eigenvalue weighted by molar-refractivity contribution is -0.188. The molecule has 0 aromatic rings. The van der Waals surface area contributed by atoms with Crippen molar-refractivity contribution in [2.24, 2.45) is 33.5 Å². The number of esters is 1. The number of aliphatic hydroxyl groups excluding tert-OH is 1.